The first-order valence-electron chi connectivity index (χ1n) is 53.1. The number of carbonyl (C=O) groups is 6. The molecule has 8 fully saturated rings. The van der Waals surface area contributed by atoms with Crippen LogP contribution in [0.3, 0.4) is 0 Å². The van der Waals surface area contributed by atoms with Gasteiger partial charge in [-0.25, -0.2) is 9.59 Å². The van der Waals surface area contributed by atoms with E-state index in [-0.39, 0.29) is 6.42 Å². The summed E-state index contributed by atoms with van der Waals surface area (Å²) in [5.74, 6) is -15.6. The molecule has 44 atom stereocenters. The monoisotopic (exact) mass is 2170 g/mol. The van der Waals surface area contributed by atoms with Gasteiger partial charge in [-0.05, 0) is 26.2 Å². The molecule has 872 valence electrons. The standard InChI is InChI=1S/C98H172N4O48/c1-7-9-11-13-15-17-19-21-22-23-24-26-28-30-32-34-36-38-64(117)102-53(54(113)37-35-33-31-29-27-25-20-18-16-14-12-10-8-2)48-135-90-79(129)76(126)81(62(46-108)140-90)142-93-80(130)87(150-98(96(133)134)40-56(115)66(100-51(5)111)85(149-98)73(123)61(45-107)147-97(95(131)132)39-55(114)65(99-50(4)110)84(148-97)69(119)57(116)41-103)82(63(47-109)141-93)143-89-67(101-52(6)112)83(71(121)59(43-105)137-89)144-94-88(146-91-77(127)74(124)68(118)49(3)136-91)86(72(122)60(44-106)139-94)145-92-78(128)75(125)70(120)58(42-104)138-92/h35,37,49,53-63,65-94,103-109,113-116,118-130H,7-34,36,38-48H2,1-6H3,(H,99,110)(H,100,111)(H,101,112)(H,102,117)(H,131,132)(H,133,134)/b37-35+/t49?,53-,54+,55?,56?,57+,58?,59?,60?,61+,62?,63?,65+,66+,67?,68+,69+,70-,71-,72-,73+,74?,75-,76+,77-,78?,79?,80?,81+,82-,83+,84?,85?,86-,87+,88?,89-,90+,91+,92+,93-,94-,97+,98-/m0/s1. The lowest BCUT2D eigenvalue weighted by Crippen LogP contribution is -2.73. The maximum atomic E-state index is 14.7. The summed E-state index contributed by atoms with van der Waals surface area (Å²) in [6.45, 7) is -1.68. The molecule has 0 saturated carbocycles. The van der Waals surface area contributed by atoms with Crippen LogP contribution >= 0.6 is 0 Å². The molecule has 8 aliphatic heterocycles. The number of allylic oxidation sites excluding steroid dienone is 1. The first-order valence-corrected chi connectivity index (χ1v) is 53.1. The van der Waals surface area contributed by atoms with Crippen molar-refractivity contribution in [1.82, 2.24) is 21.3 Å². The molecule has 0 aromatic rings. The van der Waals surface area contributed by atoms with E-state index in [9.17, 15) is 162 Å². The fourth-order valence-electron chi connectivity index (χ4n) is 20.1. The number of carboxylic acids is 2. The van der Waals surface area contributed by atoms with Gasteiger partial charge in [0, 0.05) is 40.0 Å². The quantitative estimate of drug-likeness (QED) is 0.0199. The Morgan fingerprint density at radius 2 is 0.760 bits per heavy atom. The summed E-state index contributed by atoms with van der Waals surface area (Å²) in [5, 5.41) is 308. The van der Waals surface area contributed by atoms with Gasteiger partial charge in [-0.3, -0.25) is 19.2 Å². The lowest BCUT2D eigenvalue weighted by atomic mass is 9.87. The van der Waals surface area contributed by atoms with Gasteiger partial charge in [-0.2, -0.15) is 0 Å². The van der Waals surface area contributed by atoms with Crippen molar-refractivity contribution in [3.8, 4) is 0 Å². The molecular weight excluding hydrogens is 2000 g/mol. The summed E-state index contributed by atoms with van der Waals surface area (Å²) in [6, 6.07) is -7.57. The minimum atomic E-state index is -3.81. The van der Waals surface area contributed by atoms with E-state index in [4.69, 9.17) is 75.8 Å². The SMILES string of the molecule is CCCCCCCCCCCCC/C=C/[C@@H](O)[C@H](CO[C@@H]1OC(CO)[C@@H](O[C@@H]2OC(CO)[C@H](O[C@@H]3OC(CO)[C@H](O)[C@H](O[C@@H]4OC(CO)[C@H](O)[C@H](O[C@H]5OC(CO)[C@H](O)[C@H](O)C5O)C4O[C@H]4OC(C)[C@@H](O)C(O)[C@@H]4O)C3NC(C)=O)[C@H](O[C@]3(C(=O)O)CC(O)[C@@H](NC(C)=O)C([C@H](O)[C@@H](CO)O[C@]4(C(=O)O)CC(O)[C@@H](NC(C)=O)C([C@H](O)[C@H](O)CO)O4)O3)C2O)[C@H](O)C1O)NC(=O)CCCCCCCCCCCCCCCCCCC. The molecule has 8 rings (SSSR count). The van der Waals surface area contributed by atoms with Gasteiger partial charge in [0.15, 0.2) is 37.7 Å². The zero-order chi connectivity index (χ0) is 111. The number of nitrogens with one attached hydrogen (secondary N) is 4. The molecule has 52 nitrogen and oxygen atoms in total. The number of amides is 4. The van der Waals surface area contributed by atoms with Crippen molar-refractivity contribution in [2.75, 3.05) is 52.9 Å². The molecule has 8 saturated heterocycles. The van der Waals surface area contributed by atoms with Gasteiger partial charge >= 0.3 is 11.9 Å². The fourth-order valence-corrected chi connectivity index (χ4v) is 20.1. The van der Waals surface area contributed by atoms with Gasteiger partial charge in [0.05, 0.1) is 95.4 Å². The highest BCUT2D eigenvalue weighted by atomic mass is 16.8. The molecule has 52 heteroatoms. The molecular formula is C98H172N4O48. The van der Waals surface area contributed by atoms with Gasteiger partial charge in [-0.1, -0.05) is 193 Å². The minimum absolute atomic E-state index is 0.0495. The molecule has 4 amide bonds. The van der Waals surface area contributed by atoms with Crippen molar-refractivity contribution >= 4 is 35.6 Å². The van der Waals surface area contributed by atoms with Gasteiger partial charge in [0.2, 0.25) is 23.6 Å². The fraction of sp³-hybridized carbons (Fsp3) is 0.918. The van der Waals surface area contributed by atoms with E-state index in [1.807, 2.05) is 0 Å². The van der Waals surface area contributed by atoms with Crippen LogP contribution in [0.15, 0.2) is 12.2 Å². The molecule has 0 spiro atoms. The van der Waals surface area contributed by atoms with Gasteiger partial charge in [0.1, 0.15) is 177 Å². The lowest BCUT2D eigenvalue weighted by Gasteiger charge is -2.53. The second-order valence-corrected chi connectivity index (χ2v) is 40.5. The highest BCUT2D eigenvalue weighted by Gasteiger charge is 2.66. The van der Waals surface area contributed by atoms with Crippen LogP contribution in [-0.4, -0.2) is 490 Å². The van der Waals surface area contributed by atoms with Gasteiger partial charge < -0.3 is 230 Å². The largest absolute Gasteiger partial charge is 0.477 e. The summed E-state index contributed by atoms with van der Waals surface area (Å²) < 4.78 is 97.7. The average Bonchev–Trinajstić information content (AvgIpc) is 0.733. The lowest BCUT2D eigenvalue weighted by molar-refractivity contribution is -0.410. The molecule has 8 heterocycles. The summed E-state index contributed by atoms with van der Waals surface area (Å²) in [6.07, 6.45) is -54.4. The van der Waals surface area contributed by atoms with Gasteiger partial charge in [-0.15, -0.1) is 0 Å². The second-order valence-electron chi connectivity index (χ2n) is 40.5. The highest BCUT2D eigenvalue weighted by molar-refractivity contribution is 5.78. The summed E-state index contributed by atoms with van der Waals surface area (Å²) in [5.41, 5.74) is 0. The van der Waals surface area contributed by atoms with Crippen molar-refractivity contribution in [3.05, 3.63) is 12.2 Å². The average molecular weight is 2170 g/mol. The number of aliphatic hydroxyl groups is 24. The summed E-state index contributed by atoms with van der Waals surface area (Å²) >= 11 is 0. The van der Waals surface area contributed by atoms with E-state index < -0.39 is 370 Å². The maximum absolute atomic E-state index is 14.7. The van der Waals surface area contributed by atoms with Crippen molar-refractivity contribution < 1.29 is 237 Å². The highest BCUT2D eigenvalue weighted by Crippen LogP contribution is 2.45. The third-order valence-electron chi connectivity index (χ3n) is 28.8. The van der Waals surface area contributed by atoms with Crippen molar-refractivity contribution in [3.63, 3.8) is 0 Å². The Balaban J connectivity index is 1.15. The summed E-state index contributed by atoms with van der Waals surface area (Å²) in [7, 11) is 0. The van der Waals surface area contributed by atoms with Crippen LogP contribution in [0.25, 0.3) is 0 Å². The third kappa shape index (κ3) is 36.2. The molecule has 0 aromatic carbocycles. The van der Waals surface area contributed by atoms with E-state index in [0.29, 0.717) is 12.8 Å². The second kappa shape index (κ2) is 64.9. The van der Waals surface area contributed by atoms with Gasteiger partial charge in [0.25, 0.3) is 11.6 Å². The Morgan fingerprint density at radius 3 is 1.25 bits per heavy atom. The number of aliphatic hydroxyl groups excluding tert-OH is 24. The van der Waals surface area contributed by atoms with Crippen LogP contribution in [0.2, 0.25) is 0 Å². The Hall–Kier alpha value is -5.04. The molecule has 0 aliphatic carbocycles. The van der Waals surface area contributed by atoms with Crippen molar-refractivity contribution in [2.45, 2.75) is 516 Å². The number of carboxylic acid groups (broad SMARTS) is 2. The van der Waals surface area contributed by atoms with Crippen LogP contribution < -0.4 is 21.3 Å². The van der Waals surface area contributed by atoms with Crippen LogP contribution in [0, 0.1) is 0 Å². The Labute approximate surface area is 871 Å². The first kappa shape index (κ1) is 130. The molecule has 0 radical (unpaired) electrons. The van der Waals surface area contributed by atoms with Crippen molar-refractivity contribution in [1.29, 1.82) is 0 Å². The number of rotatable bonds is 66. The van der Waals surface area contributed by atoms with Crippen molar-refractivity contribution in [2.24, 2.45) is 0 Å². The third-order valence-corrected chi connectivity index (χ3v) is 28.8. The van der Waals surface area contributed by atoms with E-state index in [1.54, 1.807) is 6.08 Å². The Bertz CT molecular complexity index is 3900. The Morgan fingerprint density at radius 1 is 0.373 bits per heavy atom. The predicted molar refractivity (Wildman–Crippen MR) is 513 cm³/mol. The maximum Gasteiger partial charge on any atom is 0.364 e. The van der Waals surface area contributed by atoms with Crippen LogP contribution in [0.4, 0.5) is 0 Å². The molecule has 30 N–H and O–H groups in total. The number of aliphatic carboxylic acids is 2. The molecule has 150 heavy (non-hydrogen) atoms. The van der Waals surface area contributed by atoms with Crippen LogP contribution in [0.5, 0.6) is 0 Å². The molecule has 16 unspecified atom stereocenters. The van der Waals surface area contributed by atoms with E-state index in [1.165, 1.54) is 103 Å². The normalized spacial score (nSPS) is 37.8. The smallest absolute Gasteiger partial charge is 0.364 e. The minimum Gasteiger partial charge on any atom is -0.477 e. The molecule has 8 aliphatic rings. The number of carbonyl (C=O) groups excluding carboxylic acids is 4. The van der Waals surface area contributed by atoms with E-state index in [2.05, 4.69) is 35.1 Å². The number of unbranched alkanes of at least 4 members (excludes halogenated alkanes) is 27. The first-order chi connectivity index (χ1) is 71.5. The number of hydrogen-bond acceptors (Lipinski definition) is 46. The van der Waals surface area contributed by atoms with E-state index in [0.717, 1.165) is 104 Å². The Kier molecular flexibility index (Phi) is 56.3. The zero-order valence-electron chi connectivity index (χ0n) is 86.3. The predicted octanol–water partition coefficient (Wildman–Crippen LogP) is -6.41. The number of ether oxygens (including phenoxy) is 16. The van der Waals surface area contributed by atoms with E-state index >= 15 is 0 Å². The topological polar surface area (TPSA) is 824 Å². The summed E-state index contributed by atoms with van der Waals surface area (Å²) in [4.78, 5) is 81.9. The molecule has 0 bridgehead atoms. The van der Waals surface area contributed by atoms with Crippen LogP contribution in [0.1, 0.15) is 247 Å². The van der Waals surface area contributed by atoms with Crippen LogP contribution in [-0.2, 0) is 105 Å². The molecule has 0 aromatic heterocycles. The number of hydrogen-bond donors (Lipinski definition) is 30. The zero-order valence-corrected chi connectivity index (χ0v) is 86.3.